The first kappa shape index (κ1) is 57.9. The van der Waals surface area contributed by atoms with Crippen LogP contribution in [-0.4, -0.2) is 159 Å². The van der Waals surface area contributed by atoms with Gasteiger partial charge in [0.15, 0.2) is 0 Å². The van der Waals surface area contributed by atoms with E-state index in [1.54, 1.807) is 27.9 Å². The number of carbonyl (C=O) groups excluding carboxylic acids is 8. The summed E-state index contributed by atoms with van der Waals surface area (Å²) in [5, 5.41) is 24.5. The monoisotopic (exact) mass is 1100 g/mol. The molecule has 9 rings (SSSR count). The molecule has 80 heavy (non-hydrogen) atoms. The summed E-state index contributed by atoms with van der Waals surface area (Å²) in [6.45, 7) is 5.19. The van der Waals surface area contributed by atoms with Gasteiger partial charge in [-0.1, -0.05) is 48.5 Å². The van der Waals surface area contributed by atoms with Crippen LogP contribution in [0.4, 0.5) is 0 Å². The van der Waals surface area contributed by atoms with E-state index in [0.29, 0.717) is 52.1 Å². The van der Waals surface area contributed by atoms with E-state index in [1.165, 1.54) is 45.2 Å². The van der Waals surface area contributed by atoms with Gasteiger partial charge in [-0.2, -0.15) is 0 Å². The molecule has 0 saturated carbocycles. The number of likely N-dealkylation sites (N-methyl/N-ethyl adjacent to an activating group) is 2. The normalized spacial score (nSPS) is 24.6. The maximum Gasteiger partial charge on any atom is 0.251 e. The number of aryl methyl sites for hydroxylation is 2. The predicted molar refractivity (Wildman–Crippen MR) is 298 cm³/mol. The maximum absolute atomic E-state index is 14.9. The summed E-state index contributed by atoms with van der Waals surface area (Å²) >= 11 is 0. The highest BCUT2D eigenvalue weighted by atomic mass is 16.5. The largest absolute Gasteiger partial charge is 0.381 e. The number of fused-ring (bicyclic) bond motifs is 2. The molecule has 20 nitrogen and oxygen atoms in total. The average molecular weight is 1100 g/mol. The molecule has 8 N–H and O–H groups in total. The molecule has 0 spiro atoms. The Labute approximate surface area is 468 Å². The molecule has 6 aliphatic rings. The van der Waals surface area contributed by atoms with Crippen molar-refractivity contribution in [3.05, 3.63) is 106 Å². The van der Waals surface area contributed by atoms with Crippen LogP contribution in [0.5, 0.6) is 0 Å². The van der Waals surface area contributed by atoms with Gasteiger partial charge in [0.25, 0.3) is 11.8 Å². The smallest absolute Gasteiger partial charge is 0.251 e. The zero-order chi connectivity index (χ0) is 56.5. The van der Waals surface area contributed by atoms with Crippen LogP contribution >= 0.6 is 0 Å². The number of benzene rings is 3. The second-order valence-corrected chi connectivity index (χ2v) is 22.6. The minimum Gasteiger partial charge on any atom is -0.381 e. The van der Waals surface area contributed by atoms with Crippen LogP contribution in [0.3, 0.4) is 0 Å². The van der Waals surface area contributed by atoms with Crippen LogP contribution < -0.4 is 42.5 Å². The van der Waals surface area contributed by atoms with E-state index in [0.717, 1.165) is 49.7 Å². The number of ether oxygens (including phenoxy) is 2. The number of hydrogen-bond acceptors (Lipinski definition) is 12. The van der Waals surface area contributed by atoms with Crippen molar-refractivity contribution in [3.63, 3.8) is 0 Å². The topological polar surface area (TPSA) is 258 Å². The van der Waals surface area contributed by atoms with Gasteiger partial charge in [-0.25, -0.2) is 0 Å². The SMILES string of the molecule is CN[C@@H](C)C(=O)N[C@H](C(=O)N1C[C@@H](NC(=O)c2ccc(C(=O)N[C@H]3C[C@@H](C(=O)N[C@@H]4CCCc5ccccc54)N(C(=O)[C@@H](NC(=O)[C@H](C)NC)C4CCOCC4)C3)cc2)C[C@H]1C(=O)N[C@@H]1CCCc2ccccc21)C1CCOCC1. The minimum absolute atomic E-state index is 0.0205. The highest BCUT2D eigenvalue weighted by Gasteiger charge is 2.47. The Kier molecular flexibility index (Phi) is 19.3. The zero-order valence-electron chi connectivity index (χ0n) is 46.6. The molecule has 0 radical (unpaired) electrons. The Hall–Kier alpha value is -6.74. The molecule has 430 valence electrons. The van der Waals surface area contributed by atoms with Crippen molar-refractivity contribution in [1.29, 1.82) is 0 Å². The van der Waals surface area contributed by atoms with Crippen molar-refractivity contribution in [3.8, 4) is 0 Å². The Bertz CT molecular complexity index is 2550. The molecule has 8 amide bonds. The van der Waals surface area contributed by atoms with Crippen LogP contribution in [0.15, 0.2) is 72.8 Å². The molecular formula is C60H80N10O10. The van der Waals surface area contributed by atoms with Crippen molar-refractivity contribution in [2.75, 3.05) is 53.6 Å². The number of rotatable bonds is 18. The van der Waals surface area contributed by atoms with Gasteiger partial charge in [-0.15, -0.1) is 0 Å². The predicted octanol–water partition coefficient (Wildman–Crippen LogP) is 2.51. The van der Waals surface area contributed by atoms with Crippen LogP contribution in [0.1, 0.15) is 133 Å². The first-order valence-corrected chi connectivity index (χ1v) is 28.9. The molecule has 4 heterocycles. The number of amides is 8. The van der Waals surface area contributed by atoms with Gasteiger partial charge in [0, 0.05) is 62.7 Å². The quantitative estimate of drug-likeness (QED) is 0.0915. The first-order chi connectivity index (χ1) is 38.7. The molecule has 4 aliphatic heterocycles. The molecule has 4 fully saturated rings. The fourth-order valence-corrected chi connectivity index (χ4v) is 12.6. The van der Waals surface area contributed by atoms with Gasteiger partial charge < -0.3 is 61.8 Å². The summed E-state index contributed by atoms with van der Waals surface area (Å²) in [5.41, 5.74) is 4.91. The third-order valence-corrected chi connectivity index (χ3v) is 17.5. The summed E-state index contributed by atoms with van der Waals surface area (Å²) in [4.78, 5) is 117. The molecule has 10 atom stereocenters. The third kappa shape index (κ3) is 13.5. The number of hydrogen-bond donors (Lipinski definition) is 8. The zero-order valence-corrected chi connectivity index (χ0v) is 46.6. The van der Waals surface area contributed by atoms with Crippen LogP contribution in [-0.2, 0) is 51.1 Å². The van der Waals surface area contributed by atoms with E-state index in [1.807, 2.05) is 36.4 Å². The molecule has 0 aromatic heterocycles. The van der Waals surface area contributed by atoms with Gasteiger partial charge in [0.1, 0.15) is 24.2 Å². The summed E-state index contributed by atoms with van der Waals surface area (Å²) < 4.78 is 11.2. The molecular weight excluding hydrogens is 1020 g/mol. The van der Waals surface area contributed by atoms with Crippen molar-refractivity contribution in [2.24, 2.45) is 11.8 Å². The fraction of sp³-hybridized carbons (Fsp3) is 0.567. The highest BCUT2D eigenvalue weighted by Crippen LogP contribution is 2.34. The van der Waals surface area contributed by atoms with E-state index in [4.69, 9.17) is 9.47 Å². The van der Waals surface area contributed by atoms with Crippen LogP contribution in [0, 0.1) is 11.8 Å². The maximum atomic E-state index is 14.9. The summed E-state index contributed by atoms with van der Waals surface area (Å²) in [5.74, 6) is -3.56. The second-order valence-electron chi connectivity index (χ2n) is 22.6. The summed E-state index contributed by atoms with van der Waals surface area (Å²) in [6.07, 6.45) is 7.52. The standard InChI is InChI=1S/C60H80N10O10/c1-35(61-3)53(71)67-51(39-23-27-79-28-24-39)59(77)69-33-43(31-49(69)57(75)65-47-17-9-13-37-11-5-7-15-45(37)47)63-55(73)41-19-21-42(22-20-41)56(74)64-44-32-50(58(76)66-48-18-10-14-38-12-6-8-16-46(38)48)70(34-44)60(78)52(40-25-29-80-30-26-40)68-54(72)36(2)62-4/h5-8,11-12,15-16,19-22,35-36,39-40,43-44,47-52,61-62H,9-10,13-14,17-18,23-34H2,1-4H3,(H,63,73)(H,64,74)(H,65,75)(H,66,76)(H,67,71)(H,68,72)/t35-,36-,43-,44-,47+,48+,49-,50-,51-,52-/m0/s1. The van der Waals surface area contributed by atoms with Crippen molar-refractivity contribution in [1.82, 2.24) is 52.3 Å². The molecule has 20 heteroatoms. The lowest BCUT2D eigenvalue weighted by Gasteiger charge is -2.35. The number of carbonyl (C=O) groups is 8. The van der Waals surface area contributed by atoms with E-state index in [-0.39, 0.29) is 84.6 Å². The van der Waals surface area contributed by atoms with E-state index < -0.39 is 72.0 Å². The van der Waals surface area contributed by atoms with Crippen LogP contribution in [0.25, 0.3) is 0 Å². The lowest BCUT2D eigenvalue weighted by molar-refractivity contribution is -0.144. The van der Waals surface area contributed by atoms with E-state index >= 15 is 0 Å². The average Bonchev–Trinajstić information content (AvgIpc) is 4.12. The number of likely N-dealkylation sites (tertiary alicyclic amines) is 2. The van der Waals surface area contributed by atoms with E-state index in [9.17, 15) is 38.4 Å². The third-order valence-electron chi connectivity index (χ3n) is 17.5. The lowest BCUT2D eigenvalue weighted by atomic mass is 9.87. The van der Waals surface area contributed by atoms with Gasteiger partial charge in [0.2, 0.25) is 35.4 Å². The first-order valence-electron chi connectivity index (χ1n) is 28.9. The Morgan fingerprint density at radius 3 is 1.25 bits per heavy atom. The van der Waals surface area contributed by atoms with Gasteiger partial charge in [0.05, 0.1) is 24.2 Å². The van der Waals surface area contributed by atoms with Crippen molar-refractivity contribution in [2.45, 2.75) is 151 Å². The van der Waals surface area contributed by atoms with Crippen molar-refractivity contribution < 1.29 is 47.8 Å². The Morgan fingerprint density at radius 1 is 0.500 bits per heavy atom. The van der Waals surface area contributed by atoms with E-state index in [2.05, 4.69) is 54.7 Å². The summed E-state index contributed by atoms with van der Waals surface area (Å²) in [6, 6.07) is 15.5. The van der Waals surface area contributed by atoms with Crippen LogP contribution in [0.2, 0.25) is 0 Å². The van der Waals surface area contributed by atoms with Crippen molar-refractivity contribution >= 4 is 47.3 Å². The molecule has 3 aromatic rings. The molecule has 3 aromatic carbocycles. The Balaban J connectivity index is 0.896. The van der Waals surface area contributed by atoms with Gasteiger partial charge in [-0.3, -0.25) is 38.4 Å². The molecule has 0 bridgehead atoms. The minimum atomic E-state index is -0.945. The molecule has 2 aliphatic carbocycles. The summed E-state index contributed by atoms with van der Waals surface area (Å²) in [7, 11) is 3.34. The second kappa shape index (κ2) is 26.7. The number of nitrogens with zero attached hydrogens (tertiary/aromatic N) is 2. The highest BCUT2D eigenvalue weighted by molar-refractivity contribution is 5.99. The Morgan fingerprint density at radius 2 is 0.875 bits per heavy atom. The van der Waals surface area contributed by atoms with Gasteiger partial charge >= 0.3 is 0 Å². The van der Waals surface area contributed by atoms with Gasteiger partial charge in [-0.05, 0) is 163 Å². The molecule has 4 saturated heterocycles. The molecule has 0 unspecified atom stereocenters. The lowest BCUT2D eigenvalue weighted by Crippen LogP contribution is -2.58. The fourth-order valence-electron chi connectivity index (χ4n) is 12.6. The number of nitrogens with one attached hydrogen (secondary N) is 8.